The minimum atomic E-state index is -4.47. The molecule has 2 nitrogen and oxygen atoms in total. The molecule has 0 aliphatic heterocycles. The number of alkyl halides is 4. The zero-order valence-electron chi connectivity index (χ0n) is 10.2. The number of benzene rings is 1. The molecule has 1 saturated carbocycles. The van der Waals surface area contributed by atoms with E-state index in [2.05, 4.69) is 4.74 Å². The fraction of sp³-hybridized carbons (Fsp3) is 0.538. The highest BCUT2D eigenvalue weighted by Gasteiger charge is 2.43. The Hall–Kier alpha value is -1.30. The Morgan fingerprint density at radius 3 is 2.26 bits per heavy atom. The van der Waals surface area contributed by atoms with Crippen molar-refractivity contribution in [3.63, 3.8) is 0 Å². The van der Waals surface area contributed by atoms with E-state index in [1.165, 1.54) is 37.1 Å². The monoisotopic (exact) mass is 277 g/mol. The van der Waals surface area contributed by atoms with Gasteiger partial charge >= 0.3 is 12.5 Å². The third kappa shape index (κ3) is 3.83. The van der Waals surface area contributed by atoms with Gasteiger partial charge in [-0.25, -0.2) is 0 Å². The lowest BCUT2D eigenvalue weighted by Gasteiger charge is -2.17. The number of rotatable bonds is 6. The van der Waals surface area contributed by atoms with Crippen LogP contribution in [-0.4, -0.2) is 12.5 Å². The van der Waals surface area contributed by atoms with E-state index in [1.54, 1.807) is 0 Å². The molecule has 0 saturated heterocycles. The van der Waals surface area contributed by atoms with Crippen LogP contribution in [0.1, 0.15) is 30.9 Å². The van der Waals surface area contributed by atoms with E-state index >= 15 is 0 Å². The SMILES string of the molecule is N[C@H](CC1CC1)c1ccc(OC(F)(F)C(F)F)cc1. The maximum Gasteiger partial charge on any atom is 0.461 e. The van der Waals surface area contributed by atoms with Crippen LogP contribution in [-0.2, 0) is 0 Å². The summed E-state index contributed by atoms with van der Waals surface area (Å²) in [6, 6.07) is 5.38. The molecule has 1 atom stereocenters. The average Bonchev–Trinajstić information content (AvgIpc) is 3.13. The van der Waals surface area contributed by atoms with Crippen molar-refractivity contribution in [2.45, 2.75) is 37.8 Å². The number of hydrogen-bond donors (Lipinski definition) is 1. The van der Waals surface area contributed by atoms with E-state index in [0.717, 1.165) is 12.0 Å². The van der Waals surface area contributed by atoms with Crippen molar-refractivity contribution in [2.75, 3.05) is 0 Å². The molecule has 1 aliphatic rings. The van der Waals surface area contributed by atoms with Gasteiger partial charge in [0.2, 0.25) is 0 Å². The molecule has 2 rings (SSSR count). The van der Waals surface area contributed by atoms with Gasteiger partial charge in [0, 0.05) is 6.04 Å². The Bertz CT molecular complexity index is 417. The van der Waals surface area contributed by atoms with Crippen LogP contribution in [0.5, 0.6) is 5.75 Å². The summed E-state index contributed by atoms with van der Waals surface area (Å²) in [7, 11) is 0. The number of halogens is 4. The quantitative estimate of drug-likeness (QED) is 0.804. The van der Waals surface area contributed by atoms with E-state index in [1.807, 2.05) is 0 Å². The van der Waals surface area contributed by atoms with Gasteiger partial charge in [0.25, 0.3) is 0 Å². The normalized spacial score (nSPS) is 17.6. The first kappa shape index (κ1) is 14.1. The molecule has 1 aliphatic carbocycles. The second-order valence-corrected chi connectivity index (χ2v) is 4.82. The van der Waals surface area contributed by atoms with Crippen LogP contribution in [0.25, 0.3) is 0 Å². The summed E-state index contributed by atoms with van der Waals surface area (Å²) in [4.78, 5) is 0. The molecular formula is C13H15F4NO. The Morgan fingerprint density at radius 2 is 1.79 bits per heavy atom. The van der Waals surface area contributed by atoms with Crippen LogP contribution < -0.4 is 10.5 Å². The summed E-state index contributed by atoms with van der Waals surface area (Å²) < 4.78 is 53.2. The Kier molecular flexibility index (Phi) is 3.99. The molecule has 0 aromatic heterocycles. The molecule has 6 heteroatoms. The van der Waals surface area contributed by atoms with Crippen LogP contribution in [0.2, 0.25) is 0 Å². The topological polar surface area (TPSA) is 35.2 Å². The van der Waals surface area contributed by atoms with Crippen molar-refractivity contribution >= 4 is 0 Å². The highest BCUT2D eigenvalue weighted by atomic mass is 19.3. The Balaban J connectivity index is 1.97. The first-order chi connectivity index (χ1) is 8.88. The zero-order chi connectivity index (χ0) is 14.0. The van der Waals surface area contributed by atoms with Crippen molar-refractivity contribution in [1.29, 1.82) is 0 Å². The van der Waals surface area contributed by atoms with Gasteiger partial charge in [0.1, 0.15) is 5.75 Å². The average molecular weight is 277 g/mol. The number of ether oxygens (including phenoxy) is 1. The maximum absolute atomic E-state index is 12.7. The smallest absolute Gasteiger partial charge is 0.428 e. The Morgan fingerprint density at radius 1 is 1.21 bits per heavy atom. The fourth-order valence-corrected chi connectivity index (χ4v) is 1.83. The molecule has 1 fully saturated rings. The van der Waals surface area contributed by atoms with Crippen LogP contribution in [0.4, 0.5) is 17.6 Å². The van der Waals surface area contributed by atoms with E-state index in [-0.39, 0.29) is 11.8 Å². The third-order valence-electron chi connectivity index (χ3n) is 3.10. The van der Waals surface area contributed by atoms with Crippen molar-refractivity contribution < 1.29 is 22.3 Å². The molecule has 0 radical (unpaired) electrons. The van der Waals surface area contributed by atoms with Crippen LogP contribution in [0.15, 0.2) is 24.3 Å². The molecule has 19 heavy (non-hydrogen) atoms. The van der Waals surface area contributed by atoms with Crippen LogP contribution >= 0.6 is 0 Å². The van der Waals surface area contributed by atoms with Crippen molar-refractivity contribution in [3.8, 4) is 5.75 Å². The summed E-state index contributed by atoms with van der Waals surface area (Å²) in [6.07, 6.45) is -5.12. The summed E-state index contributed by atoms with van der Waals surface area (Å²) in [5.74, 6) is 0.349. The van der Waals surface area contributed by atoms with E-state index in [9.17, 15) is 17.6 Å². The molecule has 0 heterocycles. The molecule has 0 bridgehead atoms. The molecule has 2 N–H and O–H groups in total. The van der Waals surface area contributed by atoms with Gasteiger partial charge in [-0.05, 0) is 30.0 Å². The van der Waals surface area contributed by atoms with Crippen LogP contribution in [0, 0.1) is 5.92 Å². The Labute approximate surface area is 108 Å². The summed E-state index contributed by atoms with van der Waals surface area (Å²) in [5, 5.41) is 0. The molecule has 0 spiro atoms. The molecule has 106 valence electrons. The highest BCUT2D eigenvalue weighted by molar-refractivity contribution is 5.29. The fourth-order valence-electron chi connectivity index (χ4n) is 1.83. The number of nitrogens with two attached hydrogens (primary N) is 1. The molecule has 1 aromatic rings. The van der Waals surface area contributed by atoms with Gasteiger partial charge in [-0.2, -0.15) is 17.6 Å². The second-order valence-electron chi connectivity index (χ2n) is 4.82. The molecule has 1 aromatic carbocycles. The minimum absolute atomic E-state index is 0.155. The highest BCUT2D eigenvalue weighted by Crippen LogP contribution is 2.37. The summed E-state index contributed by atoms with van der Waals surface area (Å²) >= 11 is 0. The minimum Gasteiger partial charge on any atom is -0.428 e. The van der Waals surface area contributed by atoms with Gasteiger partial charge in [-0.1, -0.05) is 25.0 Å². The van der Waals surface area contributed by atoms with Gasteiger partial charge < -0.3 is 10.5 Å². The van der Waals surface area contributed by atoms with Gasteiger partial charge in [-0.15, -0.1) is 0 Å². The molecule has 0 amide bonds. The van der Waals surface area contributed by atoms with Crippen LogP contribution in [0.3, 0.4) is 0 Å². The predicted octanol–water partition coefficient (Wildman–Crippen LogP) is 3.72. The number of hydrogen-bond acceptors (Lipinski definition) is 2. The van der Waals surface area contributed by atoms with E-state index in [4.69, 9.17) is 5.73 Å². The van der Waals surface area contributed by atoms with E-state index < -0.39 is 12.5 Å². The first-order valence-electron chi connectivity index (χ1n) is 6.09. The first-order valence-corrected chi connectivity index (χ1v) is 6.09. The van der Waals surface area contributed by atoms with Crippen molar-refractivity contribution in [1.82, 2.24) is 0 Å². The van der Waals surface area contributed by atoms with E-state index in [0.29, 0.717) is 5.92 Å². The summed E-state index contributed by atoms with van der Waals surface area (Å²) in [6.45, 7) is 0. The standard InChI is InChI=1S/C13H15F4NO/c14-12(15)13(16,17)19-10-5-3-9(4-6-10)11(18)7-8-1-2-8/h3-6,8,11-12H,1-2,7,18H2/t11-/m1/s1. The summed E-state index contributed by atoms with van der Waals surface area (Å²) in [5.41, 5.74) is 6.74. The largest absolute Gasteiger partial charge is 0.461 e. The zero-order valence-corrected chi connectivity index (χ0v) is 10.2. The lowest BCUT2D eigenvalue weighted by atomic mass is 10.0. The lowest BCUT2D eigenvalue weighted by Crippen LogP contribution is -2.33. The second kappa shape index (κ2) is 5.36. The van der Waals surface area contributed by atoms with Gasteiger partial charge in [-0.3, -0.25) is 0 Å². The van der Waals surface area contributed by atoms with Crippen molar-refractivity contribution in [3.05, 3.63) is 29.8 Å². The predicted molar refractivity (Wildman–Crippen MR) is 62.3 cm³/mol. The van der Waals surface area contributed by atoms with Crippen molar-refractivity contribution in [2.24, 2.45) is 11.7 Å². The third-order valence-corrected chi connectivity index (χ3v) is 3.10. The van der Waals surface area contributed by atoms with Gasteiger partial charge in [0.05, 0.1) is 0 Å². The molecule has 0 unspecified atom stereocenters. The molecular weight excluding hydrogens is 262 g/mol. The van der Waals surface area contributed by atoms with Gasteiger partial charge in [0.15, 0.2) is 0 Å². The lowest BCUT2D eigenvalue weighted by molar-refractivity contribution is -0.253. The maximum atomic E-state index is 12.7.